The molecule has 0 saturated carbocycles. The number of benzene rings is 2. The topological polar surface area (TPSA) is 17.8 Å². The van der Waals surface area contributed by atoms with E-state index in [1.165, 1.54) is 6.07 Å². The van der Waals surface area contributed by atoms with E-state index < -0.39 is 11.7 Å². The molecule has 102 valence electrons. The van der Waals surface area contributed by atoms with Gasteiger partial charge in [0.15, 0.2) is 0 Å². The quantitative estimate of drug-likeness (QED) is 0.621. The molecule has 0 N–H and O–H groups in total. The number of alkyl halides is 3. The molecular weight excluding hydrogens is 333 g/mol. The molecule has 20 heavy (non-hydrogen) atoms. The molecule has 3 rings (SSSR count). The molecule has 6 heteroatoms. The van der Waals surface area contributed by atoms with Gasteiger partial charge in [-0.05, 0) is 46.3 Å². The van der Waals surface area contributed by atoms with Crippen molar-refractivity contribution in [2.75, 3.05) is 0 Å². The Bertz CT molecular complexity index is 777. The third kappa shape index (κ3) is 2.20. The lowest BCUT2D eigenvalue weighted by atomic mass is 10.2. The van der Waals surface area contributed by atoms with Crippen molar-refractivity contribution in [3.8, 4) is 5.69 Å². The van der Waals surface area contributed by atoms with Crippen LogP contribution in [0.2, 0.25) is 0 Å². The maximum absolute atomic E-state index is 12.7. The molecule has 0 bridgehead atoms. The van der Waals surface area contributed by atoms with Crippen LogP contribution in [0.1, 0.15) is 5.56 Å². The minimum atomic E-state index is -4.35. The number of halogens is 4. The first-order chi connectivity index (χ1) is 9.47. The lowest BCUT2D eigenvalue weighted by Crippen LogP contribution is -2.05. The smallest absolute Gasteiger partial charge is 0.298 e. The van der Waals surface area contributed by atoms with Crippen LogP contribution in [0.3, 0.4) is 0 Å². The number of hydrogen-bond acceptors (Lipinski definition) is 1. The molecule has 0 aliphatic carbocycles. The van der Waals surface area contributed by atoms with Crippen LogP contribution >= 0.6 is 15.9 Å². The molecule has 2 aromatic carbocycles. The van der Waals surface area contributed by atoms with Crippen molar-refractivity contribution in [1.29, 1.82) is 0 Å². The molecule has 0 amide bonds. The number of para-hydroxylation sites is 2. The minimum absolute atomic E-state index is 0.371. The zero-order valence-electron chi connectivity index (χ0n) is 10.0. The van der Waals surface area contributed by atoms with Gasteiger partial charge in [-0.25, -0.2) is 4.98 Å². The Morgan fingerprint density at radius 1 is 1.05 bits per heavy atom. The molecule has 1 heterocycles. The highest BCUT2D eigenvalue weighted by Gasteiger charge is 2.30. The molecule has 3 aromatic rings. The van der Waals surface area contributed by atoms with Crippen LogP contribution in [-0.2, 0) is 6.18 Å². The Hall–Kier alpha value is -1.82. The van der Waals surface area contributed by atoms with Crippen molar-refractivity contribution in [2.45, 2.75) is 6.18 Å². The van der Waals surface area contributed by atoms with Crippen LogP contribution in [0.25, 0.3) is 16.7 Å². The van der Waals surface area contributed by atoms with E-state index in [0.29, 0.717) is 10.2 Å². The number of hydrogen-bond donors (Lipinski definition) is 0. The van der Waals surface area contributed by atoms with Crippen molar-refractivity contribution in [3.63, 3.8) is 0 Å². The summed E-state index contributed by atoms with van der Waals surface area (Å²) in [7, 11) is 0. The molecule has 0 unspecified atom stereocenters. The number of aromatic nitrogens is 2. The van der Waals surface area contributed by atoms with Crippen LogP contribution in [0, 0.1) is 0 Å². The highest BCUT2D eigenvalue weighted by molar-refractivity contribution is 9.10. The van der Waals surface area contributed by atoms with Crippen molar-refractivity contribution in [1.82, 2.24) is 9.55 Å². The molecule has 0 saturated heterocycles. The van der Waals surface area contributed by atoms with Gasteiger partial charge >= 0.3 is 6.18 Å². The summed E-state index contributed by atoms with van der Waals surface area (Å²) in [6, 6.07) is 11.0. The molecule has 1 aromatic heterocycles. The first-order valence-electron chi connectivity index (χ1n) is 5.76. The number of imidazole rings is 1. The summed E-state index contributed by atoms with van der Waals surface area (Å²) in [6.45, 7) is 0. The number of fused-ring (bicyclic) bond motifs is 1. The Kier molecular flexibility index (Phi) is 3.05. The lowest BCUT2D eigenvalue weighted by molar-refractivity contribution is -0.137. The Labute approximate surface area is 121 Å². The number of rotatable bonds is 1. The van der Waals surface area contributed by atoms with Crippen LogP contribution in [0.4, 0.5) is 13.2 Å². The highest BCUT2D eigenvalue weighted by Crippen LogP contribution is 2.34. The predicted molar refractivity (Wildman–Crippen MR) is 73.8 cm³/mol. The third-order valence-corrected chi connectivity index (χ3v) is 3.62. The zero-order chi connectivity index (χ0) is 14.3. The summed E-state index contributed by atoms with van der Waals surface area (Å²) in [4.78, 5) is 4.23. The fourth-order valence-electron chi connectivity index (χ4n) is 2.03. The molecule has 0 radical (unpaired) electrons. The van der Waals surface area contributed by atoms with Gasteiger partial charge in [-0.3, -0.25) is 4.57 Å². The van der Waals surface area contributed by atoms with E-state index in [9.17, 15) is 13.2 Å². The molecule has 2 nitrogen and oxygen atoms in total. The zero-order valence-corrected chi connectivity index (χ0v) is 11.6. The SMILES string of the molecule is FC(F)(F)c1ccc(-n2cnc3ccccc32)c(Br)c1. The van der Waals surface area contributed by atoms with E-state index in [4.69, 9.17) is 0 Å². The first-order valence-corrected chi connectivity index (χ1v) is 6.55. The summed E-state index contributed by atoms with van der Waals surface area (Å²) in [5.74, 6) is 0. The van der Waals surface area contributed by atoms with Crippen LogP contribution < -0.4 is 0 Å². The Morgan fingerprint density at radius 3 is 2.50 bits per heavy atom. The van der Waals surface area contributed by atoms with E-state index in [1.807, 2.05) is 24.3 Å². The van der Waals surface area contributed by atoms with Crippen molar-refractivity contribution < 1.29 is 13.2 Å². The standard InChI is InChI=1S/C14H8BrF3N2/c15-10-7-9(14(16,17)18)5-6-12(10)20-8-19-11-3-1-2-4-13(11)20/h1-8H. The predicted octanol–water partition coefficient (Wildman–Crippen LogP) is 4.81. The summed E-state index contributed by atoms with van der Waals surface area (Å²) in [6.07, 6.45) is -2.75. The van der Waals surface area contributed by atoms with Gasteiger partial charge in [-0.2, -0.15) is 13.2 Å². The normalized spacial score (nSPS) is 12.0. The number of nitrogens with zero attached hydrogens (tertiary/aromatic N) is 2. The van der Waals surface area contributed by atoms with Gasteiger partial charge in [0.05, 0.1) is 22.3 Å². The first kappa shape index (κ1) is 13.2. The molecule has 0 aliphatic rings. The summed E-state index contributed by atoms with van der Waals surface area (Å²) in [5, 5.41) is 0. The van der Waals surface area contributed by atoms with Crippen molar-refractivity contribution in [3.05, 3.63) is 58.8 Å². The van der Waals surface area contributed by atoms with E-state index in [2.05, 4.69) is 20.9 Å². The van der Waals surface area contributed by atoms with Gasteiger partial charge in [0.25, 0.3) is 0 Å². The average molecular weight is 341 g/mol. The monoisotopic (exact) mass is 340 g/mol. The molecule has 0 fully saturated rings. The van der Waals surface area contributed by atoms with Crippen LogP contribution in [0.15, 0.2) is 53.3 Å². The fraction of sp³-hybridized carbons (Fsp3) is 0.0714. The fourth-order valence-corrected chi connectivity index (χ4v) is 2.60. The molecule has 0 atom stereocenters. The second-order valence-electron chi connectivity index (χ2n) is 4.27. The maximum atomic E-state index is 12.7. The van der Waals surface area contributed by atoms with Crippen LogP contribution in [-0.4, -0.2) is 9.55 Å². The van der Waals surface area contributed by atoms with Gasteiger partial charge in [0.2, 0.25) is 0 Å². The van der Waals surface area contributed by atoms with E-state index >= 15 is 0 Å². The van der Waals surface area contributed by atoms with E-state index in [0.717, 1.165) is 23.2 Å². The van der Waals surface area contributed by atoms with Gasteiger partial charge in [0, 0.05) is 4.47 Å². The molecular formula is C14H8BrF3N2. The van der Waals surface area contributed by atoms with Crippen LogP contribution in [0.5, 0.6) is 0 Å². The van der Waals surface area contributed by atoms with Crippen molar-refractivity contribution >= 4 is 27.0 Å². The molecule has 0 spiro atoms. The largest absolute Gasteiger partial charge is 0.416 e. The highest BCUT2D eigenvalue weighted by atomic mass is 79.9. The van der Waals surface area contributed by atoms with E-state index in [-0.39, 0.29) is 0 Å². The Morgan fingerprint density at radius 2 is 1.80 bits per heavy atom. The maximum Gasteiger partial charge on any atom is 0.416 e. The van der Waals surface area contributed by atoms with Gasteiger partial charge in [-0.15, -0.1) is 0 Å². The lowest BCUT2D eigenvalue weighted by Gasteiger charge is -2.11. The molecule has 0 aliphatic heterocycles. The third-order valence-electron chi connectivity index (χ3n) is 2.99. The Balaban J connectivity index is 2.16. The van der Waals surface area contributed by atoms with E-state index in [1.54, 1.807) is 10.9 Å². The summed E-state index contributed by atoms with van der Waals surface area (Å²) >= 11 is 3.20. The van der Waals surface area contributed by atoms with Gasteiger partial charge in [0.1, 0.15) is 6.33 Å². The summed E-state index contributed by atoms with van der Waals surface area (Å²) in [5.41, 5.74) is 1.57. The minimum Gasteiger partial charge on any atom is -0.298 e. The second kappa shape index (κ2) is 4.63. The van der Waals surface area contributed by atoms with Crippen molar-refractivity contribution in [2.24, 2.45) is 0 Å². The summed E-state index contributed by atoms with van der Waals surface area (Å²) < 4.78 is 40.1. The van der Waals surface area contributed by atoms with Gasteiger partial charge < -0.3 is 0 Å². The average Bonchev–Trinajstić information content (AvgIpc) is 2.81. The van der Waals surface area contributed by atoms with Gasteiger partial charge in [-0.1, -0.05) is 12.1 Å². The second-order valence-corrected chi connectivity index (χ2v) is 5.12.